The molecule has 0 amide bonds. The summed E-state index contributed by atoms with van der Waals surface area (Å²) in [6.07, 6.45) is 0. The second-order valence-corrected chi connectivity index (χ2v) is 6.72. The van der Waals surface area contributed by atoms with Gasteiger partial charge in [0.1, 0.15) is 11.9 Å². The molecule has 3 aromatic rings. The molecule has 0 N–H and O–H groups in total. The van der Waals surface area contributed by atoms with Crippen molar-refractivity contribution in [2.24, 2.45) is 0 Å². The Morgan fingerprint density at radius 3 is 1.94 bits per heavy atom. The quantitative estimate of drug-likeness (QED) is 0.308. The van der Waals surface area contributed by atoms with Crippen LogP contribution in [0.5, 0.6) is 0 Å². The van der Waals surface area contributed by atoms with E-state index in [1.165, 1.54) is 6.07 Å². The zero-order chi connectivity index (χ0) is 25.9. The summed E-state index contributed by atoms with van der Waals surface area (Å²) in [6.45, 7) is 13.8. The Kier molecular flexibility index (Phi) is 6.59. The van der Waals surface area contributed by atoms with Crippen molar-refractivity contribution in [3.05, 3.63) is 110 Å². The molecule has 0 saturated carbocycles. The van der Waals surface area contributed by atoms with Gasteiger partial charge in [0.2, 0.25) is 0 Å². The zero-order valence-electron chi connectivity index (χ0n) is 17.1. The van der Waals surface area contributed by atoms with E-state index in [2.05, 4.69) is 9.69 Å². The summed E-state index contributed by atoms with van der Waals surface area (Å²) < 4.78 is 72.9. The highest BCUT2D eigenvalue weighted by atomic mass is 19.2. The van der Waals surface area contributed by atoms with Gasteiger partial charge in [0, 0.05) is 10.8 Å². The molecule has 0 aliphatic rings. The molecular weight excluding hydrogens is 465 g/mol. The number of benzene rings is 3. The number of hydrogen-bond donors (Lipinski definition) is 0. The van der Waals surface area contributed by atoms with E-state index in [9.17, 15) is 37.7 Å². The molecule has 0 fully saturated rings. The van der Waals surface area contributed by atoms with Crippen molar-refractivity contribution < 1.29 is 22.0 Å². The SMILES string of the molecule is [C-]#[N+]/C(C#N)=c1\cc/c(=C(/C#N)c2c(F)c(F)c([N+]#[C-])c(F)c2F)c(-c2cc(C#N)ccc2F)c1. The van der Waals surface area contributed by atoms with Gasteiger partial charge in [-0.2, -0.15) is 10.5 Å². The molecule has 0 saturated heterocycles. The van der Waals surface area contributed by atoms with Crippen molar-refractivity contribution in [2.75, 3.05) is 0 Å². The van der Waals surface area contributed by atoms with E-state index >= 15 is 0 Å². The molecule has 0 atom stereocenters. The largest absolute Gasteiger partial charge is 0.268 e. The first-order valence-corrected chi connectivity index (χ1v) is 9.24. The monoisotopic (exact) mass is 471 g/mol. The van der Waals surface area contributed by atoms with Gasteiger partial charge in [-0.3, -0.25) is 0 Å². The number of nitriles is 3. The van der Waals surface area contributed by atoms with Crippen LogP contribution in [0.2, 0.25) is 0 Å². The lowest BCUT2D eigenvalue weighted by Crippen LogP contribution is -2.18. The summed E-state index contributed by atoms with van der Waals surface area (Å²) in [5.41, 5.74) is -5.07. The van der Waals surface area contributed by atoms with Crippen molar-refractivity contribution in [2.45, 2.75) is 0 Å². The van der Waals surface area contributed by atoms with Crippen molar-refractivity contribution in [3.63, 3.8) is 0 Å². The second-order valence-electron chi connectivity index (χ2n) is 6.72. The first-order chi connectivity index (χ1) is 16.7. The minimum absolute atomic E-state index is 0.0400. The van der Waals surface area contributed by atoms with Gasteiger partial charge >= 0.3 is 0 Å². The number of halogens is 5. The topological polar surface area (TPSA) is 80.1 Å². The summed E-state index contributed by atoms with van der Waals surface area (Å²) in [7, 11) is 0. The molecule has 0 bridgehead atoms. The van der Waals surface area contributed by atoms with Crippen LogP contribution in [0, 0.1) is 76.2 Å². The van der Waals surface area contributed by atoms with Gasteiger partial charge < -0.3 is 0 Å². The fourth-order valence-corrected chi connectivity index (χ4v) is 3.28. The Balaban J connectivity index is 2.67. The molecule has 3 rings (SSSR count). The molecular formula is C25H6F5N5. The Labute approximate surface area is 194 Å². The molecule has 3 aromatic carbocycles. The van der Waals surface area contributed by atoms with E-state index in [4.69, 9.17) is 13.1 Å². The van der Waals surface area contributed by atoms with E-state index < -0.39 is 56.8 Å². The molecule has 0 heterocycles. The summed E-state index contributed by atoms with van der Waals surface area (Å²) in [5, 5.41) is 27.6. The van der Waals surface area contributed by atoms with E-state index in [0.29, 0.717) is 0 Å². The fraction of sp³-hybridized carbons (Fsp3) is 0. The van der Waals surface area contributed by atoms with Gasteiger partial charge in [-0.05, 0) is 29.0 Å². The van der Waals surface area contributed by atoms with Gasteiger partial charge in [-0.15, -0.1) is 0 Å². The lowest BCUT2D eigenvalue weighted by Gasteiger charge is -2.11. The summed E-state index contributed by atoms with van der Waals surface area (Å²) in [6, 6.07) is 11.1. The van der Waals surface area contributed by atoms with E-state index in [1.807, 2.05) is 0 Å². The molecule has 0 unspecified atom stereocenters. The van der Waals surface area contributed by atoms with E-state index in [-0.39, 0.29) is 21.9 Å². The van der Waals surface area contributed by atoms with Crippen LogP contribution in [-0.2, 0) is 0 Å². The van der Waals surface area contributed by atoms with E-state index in [1.54, 1.807) is 12.1 Å². The molecule has 5 nitrogen and oxygen atoms in total. The van der Waals surface area contributed by atoms with Crippen LogP contribution in [-0.4, -0.2) is 0 Å². The molecule has 0 radical (unpaired) electrons. The van der Waals surface area contributed by atoms with Crippen LogP contribution in [0.3, 0.4) is 0 Å². The first kappa shape index (κ1) is 24.1. The van der Waals surface area contributed by atoms with Crippen molar-refractivity contribution in [1.82, 2.24) is 0 Å². The lowest BCUT2D eigenvalue weighted by atomic mass is 9.94. The van der Waals surface area contributed by atoms with Crippen LogP contribution >= 0.6 is 0 Å². The molecule has 0 aliphatic carbocycles. The van der Waals surface area contributed by atoms with Crippen LogP contribution < -0.4 is 10.4 Å². The Morgan fingerprint density at radius 2 is 1.43 bits per heavy atom. The van der Waals surface area contributed by atoms with Crippen molar-refractivity contribution in [1.29, 1.82) is 15.8 Å². The van der Waals surface area contributed by atoms with Crippen LogP contribution in [0.1, 0.15) is 11.1 Å². The maximum atomic E-state index is 14.8. The van der Waals surface area contributed by atoms with Gasteiger partial charge in [0.15, 0.2) is 23.3 Å². The van der Waals surface area contributed by atoms with E-state index in [0.717, 1.165) is 36.4 Å². The van der Waals surface area contributed by atoms with Crippen molar-refractivity contribution in [3.8, 4) is 29.3 Å². The number of nitrogens with zero attached hydrogens (tertiary/aromatic N) is 5. The minimum atomic E-state index is -2.02. The molecule has 0 aromatic heterocycles. The third kappa shape index (κ3) is 4.03. The molecule has 10 heteroatoms. The summed E-state index contributed by atoms with van der Waals surface area (Å²) >= 11 is 0. The second kappa shape index (κ2) is 9.55. The minimum Gasteiger partial charge on any atom is -0.232 e. The number of hydrogen-bond acceptors (Lipinski definition) is 3. The predicted molar refractivity (Wildman–Crippen MR) is 112 cm³/mol. The molecule has 0 spiro atoms. The highest BCUT2D eigenvalue weighted by Crippen LogP contribution is 2.33. The molecule has 0 aliphatic heterocycles. The Bertz CT molecular complexity index is 1710. The number of rotatable bonds is 2. The highest BCUT2D eigenvalue weighted by Gasteiger charge is 2.28. The normalized spacial score (nSPS) is 11.8. The third-order valence-electron chi connectivity index (χ3n) is 4.88. The predicted octanol–water partition coefficient (Wildman–Crippen LogP) is 4.75. The molecule has 35 heavy (non-hydrogen) atoms. The zero-order valence-corrected chi connectivity index (χ0v) is 17.1. The maximum absolute atomic E-state index is 14.8. The standard InChI is InChI=1S/C25H6F5N5/c1-34-19(11-33)13-4-5-14(15(8-13)16-7-12(9-31)3-6-18(16)26)17(10-32)20-21(27)23(29)25(35-2)24(30)22(20)28/h3-8H/b17-14+,19-13+. The summed E-state index contributed by atoms with van der Waals surface area (Å²) in [4.78, 5) is 5.45. The summed E-state index contributed by atoms with van der Waals surface area (Å²) in [5.74, 6) is -9.02. The Hall–Kier alpha value is -5.50. The van der Waals surface area contributed by atoms with Crippen LogP contribution in [0.25, 0.3) is 32.1 Å². The van der Waals surface area contributed by atoms with Gasteiger partial charge in [0.05, 0.1) is 42.0 Å². The van der Waals surface area contributed by atoms with Crippen molar-refractivity contribution >= 4 is 17.0 Å². The lowest BCUT2D eigenvalue weighted by molar-refractivity contribution is 0.457. The Morgan fingerprint density at radius 1 is 0.771 bits per heavy atom. The fourth-order valence-electron chi connectivity index (χ4n) is 3.28. The maximum Gasteiger partial charge on any atom is 0.268 e. The van der Waals surface area contributed by atoms with Gasteiger partial charge in [-0.1, -0.05) is 18.2 Å². The third-order valence-corrected chi connectivity index (χ3v) is 4.88. The van der Waals surface area contributed by atoms with Crippen LogP contribution in [0.15, 0.2) is 36.4 Å². The smallest absolute Gasteiger partial charge is 0.232 e. The average molecular weight is 471 g/mol. The first-order valence-electron chi connectivity index (χ1n) is 9.24. The van der Waals surface area contributed by atoms with Gasteiger partial charge in [0.25, 0.3) is 11.4 Å². The highest BCUT2D eigenvalue weighted by molar-refractivity contribution is 5.83. The molecule has 166 valence electrons. The van der Waals surface area contributed by atoms with Crippen LogP contribution in [0.4, 0.5) is 27.6 Å². The van der Waals surface area contributed by atoms with Gasteiger partial charge in [-0.25, -0.2) is 36.9 Å². The average Bonchev–Trinajstić information content (AvgIpc) is 2.87.